The van der Waals surface area contributed by atoms with Crippen molar-refractivity contribution in [1.82, 2.24) is 25.3 Å². The Bertz CT molecular complexity index is 987. The van der Waals surface area contributed by atoms with E-state index in [1.807, 2.05) is 6.07 Å². The van der Waals surface area contributed by atoms with Crippen LogP contribution in [0, 0.1) is 0 Å². The lowest BCUT2D eigenvalue weighted by molar-refractivity contribution is -0.137. The van der Waals surface area contributed by atoms with Crippen LogP contribution in [0.2, 0.25) is 0 Å². The van der Waals surface area contributed by atoms with Gasteiger partial charge in [0.2, 0.25) is 5.95 Å². The fourth-order valence-electron chi connectivity index (χ4n) is 3.74. The van der Waals surface area contributed by atoms with Crippen molar-refractivity contribution in [3.8, 4) is 11.3 Å². The van der Waals surface area contributed by atoms with E-state index in [-0.39, 0.29) is 11.3 Å². The highest BCUT2D eigenvalue weighted by molar-refractivity contribution is 5.64. The number of hydrogen-bond donors (Lipinski definition) is 1. The third-order valence-corrected chi connectivity index (χ3v) is 5.40. The van der Waals surface area contributed by atoms with Gasteiger partial charge in [0, 0.05) is 50.2 Å². The zero-order chi connectivity index (χ0) is 22.4. The second-order valence-corrected chi connectivity index (χ2v) is 7.63. The van der Waals surface area contributed by atoms with Gasteiger partial charge in [-0.25, -0.2) is 9.97 Å². The first-order valence-electron chi connectivity index (χ1n) is 10.6. The third-order valence-electron chi connectivity index (χ3n) is 5.40. The van der Waals surface area contributed by atoms with Crippen LogP contribution in [0.5, 0.6) is 0 Å². The van der Waals surface area contributed by atoms with E-state index in [0.717, 1.165) is 57.7 Å². The predicted molar refractivity (Wildman–Crippen MR) is 114 cm³/mol. The lowest BCUT2D eigenvalue weighted by Crippen LogP contribution is -2.47. The van der Waals surface area contributed by atoms with Gasteiger partial charge in [0.05, 0.1) is 12.1 Å². The first-order chi connectivity index (χ1) is 15.5. The Labute approximate surface area is 184 Å². The third kappa shape index (κ3) is 5.63. The highest BCUT2D eigenvalue weighted by atomic mass is 19.4. The maximum Gasteiger partial charge on any atom is 0.417 e. The summed E-state index contributed by atoms with van der Waals surface area (Å²) in [5.41, 5.74) is -0.503. The Morgan fingerprint density at radius 1 is 1.00 bits per heavy atom. The number of anilines is 1. The molecule has 0 atom stereocenters. The Kier molecular flexibility index (Phi) is 7.01. The fraction of sp³-hybridized carbons (Fsp3) is 0.409. The van der Waals surface area contributed by atoms with E-state index >= 15 is 0 Å². The lowest BCUT2D eigenvalue weighted by atomic mass is 10.0. The van der Waals surface area contributed by atoms with Crippen molar-refractivity contribution < 1.29 is 17.7 Å². The quantitative estimate of drug-likeness (QED) is 0.532. The maximum atomic E-state index is 13.2. The van der Waals surface area contributed by atoms with Crippen LogP contribution < -0.4 is 10.2 Å². The molecule has 1 aliphatic rings. The van der Waals surface area contributed by atoms with E-state index in [9.17, 15) is 13.2 Å². The standard InChI is InChI=1S/C22H25F3N6O/c23-22(24,25)19-6-2-1-5-18(19)20-15-17(32-29-20)16-26-7-4-10-30-11-13-31(14-12-30)21-27-8-3-9-28-21/h1-3,5-6,8-9,15,26H,4,7,10-14,16H2. The second kappa shape index (κ2) is 10.1. The average molecular weight is 446 g/mol. The van der Waals surface area contributed by atoms with E-state index in [2.05, 4.69) is 30.2 Å². The second-order valence-electron chi connectivity index (χ2n) is 7.63. The van der Waals surface area contributed by atoms with Gasteiger partial charge in [-0.3, -0.25) is 4.90 Å². The molecular formula is C22H25F3N6O. The van der Waals surface area contributed by atoms with E-state index in [4.69, 9.17) is 4.52 Å². The molecule has 0 radical (unpaired) electrons. The van der Waals surface area contributed by atoms with Gasteiger partial charge in [-0.15, -0.1) is 0 Å². The van der Waals surface area contributed by atoms with Crippen LogP contribution in [0.4, 0.5) is 19.1 Å². The number of benzene rings is 1. The van der Waals surface area contributed by atoms with Crippen molar-refractivity contribution >= 4 is 5.95 Å². The summed E-state index contributed by atoms with van der Waals surface area (Å²) in [5.74, 6) is 1.28. The summed E-state index contributed by atoms with van der Waals surface area (Å²) in [4.78, 5) is 13.2. The molecule has 0 saturated carbocycles. The molecule has 1 N–H and O–H groups in total. The van der Waals surface area contributed by atoms with E-state index < -0.39 is 11.7 Å². The number of nitrogens with one attached hydrogen (secondary N) is 1. The van der Waals surface area contributed by atoms with Gasteiger partial charge < -0.3 is 14.7 Å². The largest absolute Gasteiger partial charge is 0.417 e. The first-order valence-corrected chi connectivity index (χ1v) is 10.6. The number of halogens is 3. The molecule has 1 aromatic carbocycles. The molecule has 7 nitrogen and oxygen atoms in total. The number of nitrogens with zero attached hydrogens (tertiary/aromatic N) is 5. The van der Waals surface area contributed by atoms with E-state index in [0.29, 0.717) is 12.3 Å². The summed E-state index contributed by atoms with van der Waals surface area (Å²) in [6.07, 6.45) is 0.0349. The molecule has 1 aliphatic heterocycles. The topological polar surface area (TPSA) is 70.3 Å². The monoisotopic (exact) mass is 446 g/mol. The molecule has 0 amide bonds. The van der Waals surface area contributed by atoms with Crippen molar-refractivity contribution in [2.75, 3.05) is 44.2 Å². The van der Waals surface area contributed by atoms with Gasteiger partial charge in [0.15, 0.2) is 5.76 Å². The fourth-order valence-corrected chi connectivity index (χ4v) is 3.74. The number of alkyl halides is 3. The summed E-state index contributed by atoms with van der Waals surface area (Å²) < 4.78 is 44.8. The van der Waals surface area contributed by atoms with Gasteiger partial charge >= 0.3 is 6.18 Å². The molecule has 3 heterocycles. The Morgan fingerprint density at radius 3 is 2.50 bits per heavy atom. The predicted octanol–water partition coefficient (Wildman–Crippen LogP) is 3.45. The summed E-state index contributed by atoms with van der Waals surface area (Å²) in [7, 11) is 0. The smallest absolute Gasteiger partial charge is 0.359 e. The molecule has 1 fully saturated rings. The molecular weight excluding hydrogens is 421 g/mol. The van der Waals surface area contributed by atoms with Gasteiger partial charge in [-0.2, -0.15) is 13.2 Å². The van der Waals surface area contributed by atoms with Gasteiger partial charge in [-0.05, 0) is 31.6 Å². The SMILES string of the molecule is FC(F)(F)c1ccccc1-c1cc(CNCCCN2CCN(c3ncccn3)CC2)on1. The molecule has 0 unspecified atom stereocenters. The minimum absolute atomic E-state index is 0.0232. The molecule has 170 valence electrons. The number of piperazine rings is 1. The molecule has 2 aromatic heterocycles. The van der Waals surface area contributed by atoms with Crippen molar-refractivity contribution in [1.29, 1.82) is 0 Å². The molecule has 3 aromatic rings. The Hall–Kier alpha value is -2.98. The molecule has 1 saturated heterocycles. The van der Waals surface area contributed by atoms with E-state index in [1.54, 1.807) is 24.5 Å². The van der Waals surface area contributed by atoms with Crippen LogP contribution in [-0.4, -0.2) is 59.3 Å². The summed E-state index contributed by atoms with van der Waals surface area (Å²) >= 11 is 0. The number of hydrogen-bond acceptors (Lipinski definition) is 7. The number of aromatic nitrogens is 3. The van der Waals surface area contributed by atoms with Gasteiger partial charge in [-0.1, -0.05) is 23.4 Å². The molecule has 32 heavy (non-hydrogen) atoms. The summed E-state index contributed by atoms with van der Waals surface area (Å²) in [6.45, 7) is 5.88. The highest BCUT2D eigenvalue weighted by Crippen LogP contribution is 2.36. The highest BCUT2D eigenvalue weighted by Gasteiger charge is 2.34. The van der Waals surface area contributed by atoms with Crippen molar-refractivity contribution in [3.05, 3.63) is 60.1 Å². The molecule has 4 rings (SSSR count). The molecule has 10 heteroatoms. The van der Waals surface area contributed by atoms with Gasteiger partial charge in [0.1, 0.15) is 5.69 Å². The Morgan fingerprint density at radius 2 is 1.75 bits per heavy atom. The summed E-state index contributed by atoms with van der Waals surface area (Å²) in [6, 6.07) is 8.75. The van der Waals surface area contributed by atoms with Crippen LogP contribution in [0.15, 0.2) is 53.3 Å². The van der Waals surface area contributed by atoms with Crippen molar-refractivity contribution in [2.24, 2.45) is 0 Å². The summed E-state index contributed by atoms with van der Waals surface area (Å²) in [5, 5.41) is 7.10. The molecule has 0 spiro atoms. The number of rotatable bonds is 8. The minimum atomic E-state index is -4.44. The van der Waals surface area contributed by atoms with Crippen LogP contribution in [-0.2, 0) is 12.7 Å². The zero-order valence-electron chi connectivity index (χ0n) is 17.6. The first kappa shape index (κ1) is 22.2. The normalized spacial score (nSPS) is 15.3. The van der Waals surface area contributed by atoms with Crippen LogP contribution in [0.3, 0.4) is 0 Å². The van der Waals surface area contributed by atoms with Crippen LogP contribution in [0.25, 0.3) is 11.3 Å². The molecule has 0 aliphatic carbocycles. The molecule has 0 bridgehead atoms. The Balaban J connectivity index is 1.18. The minimum Gasteiger partial charge on any atom is -0.359 e. The van der Waals surface area contributed by atoms with Crippen molar-refractivity contribution in [3.63, 3.8) is 0 Å². The average Bonchev–Trinajstić information content (AvgIpc) is 3.28. The van der Waals surface area contributed by atoms with Crippen LogP contribution >= 0.6 is 0 Å². The van der Waals surface area contributed by atoms with Crippen LogP contribution in [0.1, 0.15) is 17.7 Å². The van der Waals surface area contributed by atoms with Crippen molar-refractivity contribution in [2.45, 2.75) is 19.1 Å². The van der Waals surface area contributed by atoms with Gasteiger partial charge in [0.25, 0.3) is 0 Å². The lowest BCUT2D eigenvalue weighted by Gasteiger charge is -2.34. The maximum absolute atomic E-state index is 13.2. The van der Waals surface area contributed by atoms with E-state index in [1.165, 1.54) is 12.1 Å². The zero-order valence-corrected chi connectivity index (χ0v) is 17.6.